The zero-order valence-electron chi connectivity index (χ0n) is 45.2. The number of esters is 3. The maximum absolute atomic E-state index is 12.9. The SMILES string of the molecule is CC/C=C\C/C=C\C/C=C\C/C=C\C/C=C\CCCCCC(=O)OC[C@@H](COC(=O)CCCCCCC/C=C\CCCCCCC)OC(=O)CCCCC/C=C\C/C=C\C/C=C\C/C=C\CCCCC. The summed E-state index contributed by atoms with van der Waals surface area (Å²) in [6.45, 7) is 6.42. The predicted molar refractivity (Wildman–Crippen MR) is 302 cm³/mol. The molecule has 0 radical (unpaired) electrons. The Hall–Kier alpha value is -4.19. The third kappa shape index (κ3) is 54.7. The Kier molecular flexibility index (Phi) is 54.0. The van der Waals surface area contributed by atoms with E-state index in [-0.39, 0.29) is 37.5 Å². The molecule has 396 valence electrons. The molecule has 0 aromatic heterocycles. The van der Waals surface area contributed by atoms with Gasteiger partial charge in [-0.25, -0.2) is 0 Å². The maximum Gasteiger partial charge on any atom is 0.306 e. The van der Waals surface area contributed by atoms with Crippen molar-refractivity contribution < 1.29 is 28.6 Å². The molecule has 0 spiro atoms. The molecule has 0 aliphatic heterocycles. The highest BCUT2D eigenvalue weighted by Crippen LogP contribution is 2.13. The van der Waals surface area contributed by atoms with Crippen LogP contribution in [-0.2, 0) is 28.6 Å². The molecule has 6 nitrogen and oxygen atoms in total. The summed E-state index contributed by atoms with van der Waals surface area (Å²) in [4.78, 5) is 38.1. The van der Waals surface area contributed by atoms with Crippen molar-refractivity contribution in [3.63, 3.8) is 0 Å². The fourth-order valence-corrected chi connectivity index (χ4v) is 7.39. The van der Waals surface area contributed by atoms with Crippen molar-refractivity contribution >= 4 is 17.9 Å². The molecule has 6 heteroatoms. The third-order valence-electron chi connectivity index (χ3n) is 11.7. The van der Waals surface area contributed by atoms with Crippen LogP contribution in [0.5, 0.6) is 0 Å². The van der Waals surface area contributed by atoms with E-state index in [1.54, 1.807) is 0 Å². The molecule has 0 fully saturated rings. The second-order valence-corrected chi connectivity index (χ2v) is 18.5. The van der Waals surface area contributed by atoms with E-state index in [4.69, 9.17) is 14.2 Å². The van der Waals surface area contributed by atoms with Gasteiger partial charge in [0.15, 0.2) is 6.10 Å². The van der Waals surface area contributed by atoms with Crippen molar-refractivity contribution in [2.24, 2.45) is 0 Å². The Morgan fingerprint density at radius 3 is 0.929 bits per heavy atom. The minimum atomic E-state index is -0.816. The number of rotatable bonds is 50. The van der Waals surface area contributed by atoms with Crippen LogP contribution in [0.15, 0.2) is 122 Å². The molecule has 0 N–H and O–H groups in total. The first-order valence-electron chi connectivity index (χ1n) is 28.5. The van der Waals surface area contributed by atoms with Crippen LogP contribution in [0, 0.1) is 0 Å². The summed E-state index contributed by atoms with van der Waals surface area (Å²) in [7, 11) is 0. The van der Waals surface area contributed by atoms with Gasteiger partial charge in [-0.3, -0.25) is 14.4 Å². The van der Waals surface area contributed by atoms with Gasteiger partial charge in [-0.1, -0.05) is 213 Å². The Bertz CT molecular complexity index is 1490. The molecule has 1 atom stereocenters. The van der Waals surface area contributed by atoms with E-state index in [2.05, 4.69) is 142 Å². The zero-order valence-corrected chi connectivity index (χ0v) is 45.2. The summed E-state index contributed by atoms with van der Waals surface area (Å²) < 4.78 is 16.8. The largest absolute Gasteiger partial charge is 0.462 e. The molecule has 0 amide bonds. The normalized spacial score (nSPS) is 13.0. The smallest absolute Gasteiger partial charge is 0.306 e. The summed E-state index contributed by atoms with van der Waals surface area (Å²) in [5.74, 6) is -0.984. The van der Waals surface area contributed by atoms with E-state index < -0.39 is 6.10 Å². The molecule has 0 saturated heterocycles. The summed E-state index contributed by atoms with van der Waals surface area (Å²) in [6, 6.07) is 0. The van der Waals surface area contributed by atoms with E-state index >= 15 is 0 Å². The third-order valence-corrected chi connectivity index (χ3v) is 11.7. The van der Waals surface area contributed by atoms with Gasteiger partial charge in [-0.2, -0.15) is 0 Å². The topological polar surface area (TPSA) is 78.9 Å². The van der Waals surface area contributed by atoms with Gasteiger partial charge in [-0.15, -0.1) is 0 Å². The lowest BCUT2D eigenvalue weighted by molar-refractivity contribution is -0.167. The quantitative estimate of drug-likeness (QED) is 0.0262. The molecule has 0 aromatic rings. The molecule has 0 saturated carbocycles. The van der Waals surface area contributed by atoms with Crippen LogP contribution in [0.1, 0.15) is 245 Å². The first kappa shape index (κ1) is 65.8. The van der Waals surface area contributed by atoms with Crippen LogP contribution in [-0.4, -0.2) is 37.2 Å². The molecule has 0 rings (SSSR count). The first-order chi connectivity index (χ1) is 34.5. The summed E-state index contributed by atoms with van der Waals surface area (Å²) in [5.41, 5.74) is 0. The molecule has 0 aromatic carbocycles. The van der Waals surface area contributed by atoms with Gasteiger partial charge < -0.3 is 14.2 Å². The molecular formula is C64H104O6. The van der Waals surface area contributed by atoms with Crippen molar-refractivity contribution in [3.05, 3.63) is 122 Å². The fraction of sp³-hybridized carbons (Fsp3) is 0.641. The molecule has 0 heterocycles. The van der Waals surface area contributed by atoms with Crippen molar-refractivity contribution in [1.29, 1.82) is 0 Å². The van der Waals surface area contributed by atoms with Crippen LogP contribution in [0.25, 0.3) is 0 Å². The minimum Gasteiger partial charge on any atom is -0.462 e. The second-order valence-electron chi connectivity index (χ2n) is 18.5. The number of ether oxygens (including phenoxy) is 3. The Morgan fingerprint density at radius 2 is 0.557 bits per heavy atom. The van der Waals surface area contributed by atoms with E-state index in [0.29, 0.717) is 19.3 Å². The summed E-state index contributed by atoms with van der Waals surface area (Å²) >= 11 is 0. The van der Waals surface area contributed by atoms with Crippen LogP contribution < -0.4 is 0 Å². The van der Waals surface area contributed by atoms with E-state index in [9.17, 15) is 14.4 Å². The van der Waals surface area contributed by atoms with Crippen molar-refractivity contribution in [3.8, 4) is 0 Å². The van der Waals surface area contributed by atoms with Gasteiger partial charge in [0.05, 0.1) is 0 Å². The van der Waals surface area contributed by atoms with E-state index in [1.165, 1.54) is 70.6 Å². The van der Waals surface area contributed by atoms with E-state index in [1.807, 2.05) is 0 Å². The Labute approximate surface area is 431 Å². The molecule has 0 bridgehead atoms. The van der Waals surface area contributed by atoms with Crippen LogP contribution >= 0.6 is 0 Å². The minimum absolute atomic E-state index is 0.109. The first-order valence-corrected chi connectivity index (χ1v) is 28.5. The van der Waals surface area contributed by atoms with Crippen LogP contribution in [0.3, 0.4) is 0 Å². The average Bonchev–Trinajstić information content (AvgIpc) is 3.36. The lowest BCUT2D eigenvalue weighted by Crippen LogP contribution is -2.30. The Morgan fingerprint density at radius 1 is 0.300 bits per heavy atom. The van der Waals surface area contributed by atoms with Crippen LogP contribution in [0.4, 0.5) is 0 Å². The Balaban J connectivity index is 4.54. The van der Waals surface area contributed by atoms with E-state index in [0.717, 1.165) is 128 Å². The number of carbonyl (C=O) groups is 3. The van der Waals surface area contributed by atoms with Gasteiger partial charge in [0.1, 0.15) is 13.2 Å². The molecule has 0 aliphatic carbocycles. The monoisotopic (exact) mass is 969 g/mol. The van der Waals surface area contributed by atoms with Crippen molar-refractivity contribution in [1.82, 2.24) is 0 Å². The van der Waals surface area contributed by atoms with Crippen LogP contribution in [0.2, 0.25) is 0 Å². The summed E-state index contributed by atoms with van der Waals surface area (Å²) in [5, 5.41) is 0. The lowest BCUT2D eigenvalue weighted by atomic mass is 10.1. The average molecular weight is 970 g/mol. The molecule has 0 aliphatic rings. The van der Waals surface area contributed by atoms with Gasteiger partial charge >= 0.3 is 17.9 Å². The number of hydrogen-bond acceptors (Lipinski definition) is 6. The summed E-state index contributed by atoms with van der Waals surface area (Å²) in [6.07, 6.45) is 78.9. The number of allylic oxidation sites excluding steroid dienone is 20. The number of carbonyl (C=O) groups excluding carboxylic acids is 3. The maximum atomic E-state index is 12.9. The van der Waals surface area contributed by atoms with Gasteiger partial charge in [-0.05, 0) is 135 Å². The standard InChI is InChI=1S/C64H104O6/c1-4-7-10-13-16-19-22-25-28-30-32-34-36-39-42-45-48-51-54-57-63(66)69-60-61(59-68-62(65)56-53-50-47-44-41-38-27-24-21-18-15-12-9-6-3)70-64(67)58-55-52-49-46-43-40-37-35-33-31-29-26-23-20-17-14-11-8-5-2/h7,10,16-17,19-20,24-29,32-35,39-40,42-43,61H,4-6,8-9,11-15,18,21-23,30-31,36-38,41,44-60H2,1-3H3/b10-7-,19-16-,20-17-,27-24-,28-25-,29-26-,34-32-,35-33-,42-39-,43-40-/t61-/m1/s1. The molecule has 70 heavy (non-hydrogen) atoms. The second kappa shape index (κ2) is 57.4. The van der Waals surface area contributed by atoms with Gasteiger partial charge in [0.2, 0.25) is 0 Å². The highest BCUT2D eigenvalue weighted by Gasteiger charge is 2.19. The van der Waals surface area contributed by atoms with Gasteiger partial charge in [0.25, 0.3) is 0 Å². The highest BCUT2D eigenvalue weighted by molar-refractivity contribution is 5.71. The fourth-order valence-electron chi connectivity index (χ4n) is 7.39. The molecule has 0 unspecified atom stereocenters. The lowest BCUT2D eigenvalue weighted by Gasteiger charge is -2.18. The number of unbranched alkanes of at least 4 members (excludes halogenated alkanes) is 19. The number of hydrogen-bond donors (Lipinski definition) is 0. The zero-order chi connectivity index (χ0) is 50.7. The highest BCUT2D eigenvalue weighted by atomic mass is 16.6. The van der Waals surface area contributed by atoms with Crippen molar-refractivity contribution in [2.75, 3.05) is 13.2 Å². The molecular weight excluding hydrogens is 865 g/mol. The van der Waals surface area contributed by atoms with Gasteiger partial charge in [0, 0.05) is 19.3 Å². The van der Waals surface area contributed by atoms with Crippen molar-refractivity contribution in [2.45, 2.75) is 252 Å². The predicted octanol–water partition coefficient (Wildman–Crippen LogP) is 19.3.